The Hall–Kier alpha value is -1.58. The smallest absolute Gasteiger partial charge is 0.281 e. The number of hydrogen-bond acceptors (Lipinski definition) is 5. The molecule has 0 aliphatic carbocycles. The molecule has 2 amide bonds. The van der Waals surface area contributed by atoms with E-state index in [4.69, 9.17) is 0 Å². The highest BCUT2D eigenvalue weighted by atomic mass is 32.2. The number of aryl methyl sites for hydroxylation is 1. The second-order valence-corrected chi connectivity index (χ2v) is 10.2. The van der Waals surface area contributed by atoms with Crippen molar-refractivity contribution in [2.75, 3.05) is 37.2 Å². The minimum atomic E-state index is -3.58. The van der Waals surface area contributed by atoms with Crippen LogP contribution in [-0.2, 0) is 14.8 Å². The second kappa shape index (κ2) is 9.28. The van der Waals surface area contributed by atoms with E-state index < -0.39 is 10.0 Å². The van der Waals surface area contributed by atoms with Gasteiger partial charge in [0.1, 0.15) is 0 Å². The lowest BCUT2D eigenvalue weighted by atomic mass is 10.2. The first-order valence-corrected chi connectivity index (χ1v) is 12.1. The van der Waals surface area contributed by atoms with Crippen LogP contribution in [0, 0.1) is 6.92 Å². The topological polar surface area (TPSA) is 86.8 Å². The summed E-state index contributed by atoms with van der Waals surface area (Å²) in [5.41, 5.74) is 1.13. The molecular formula is C19H27N3O4S2. The van der Waals surface area contributed by atoms with Crippen LogP contribution in [0.15, 0.2) is 23.1 Å². The summed E-state index contributed by atoms with van der Waals surface area (Å²) in [5.74, 6) is 0.530. The third-order valence-corrected chi connectivity index (χ3v) is 8.04. The van der Waals surface area contributed by atoms with Crippen molar-refractivity contribution in [1.82, 2.24) is 9.21 Å². The number of anilines is 1. The summed E-state index contributed by atoms with van der Waals surface area (Å²) in [6, 6.07) is 4.98. The number of nitrogens with one attached hydrogen (secondary N) is 1. The van der Waals surface area contributed by atoms with Crippen molar-refractivity contribution in [3.8, 4) is 0 Å². The van der Waals surface area contributed by atoms with Crippen LogP contribution in [-0.4, -0.2) is 60.7 Å². The van der Waals surface area contributed by atoms with Gasteiger partial charge in [-0.1, -0.05) is 30.7 Å². The SMILES string of the molecule is Cc1ccc(NC(=O)CCN2CCSC2=O)cc1S(=O)(=O)N1CCCCCC1. The van der Waals surface area contributed by atoms with E-state index in [0.717, 1.165) is 31.4 Å². The Morgan fingerprint density at radius 2 is 1.86 bits per heavy atom. The Morgan fingerprint density at radius 1 is 1.14 bits per heavy atom. The Bertz CT molecular complexity index is 834. The zero-order valence-electron chi connectivity index (χ0n) is 16.1. The molecule has 0 bridgehead atoms. The molecule has 0 saturated carbocycles. The number of hydrogen-bond donors (Lipinski definition) is 1. The molecule has 9 heteroatoms. The minimum absolute atomic E-state index is 0.00830. The largest absolute Gasteiger partial charge is 0.332 e. The first-order chi connectivity index (χ1) is 13.4. The molecule has 3 rings (SSSR count). The van der Waals surface area contributed by atoms with Crippen molar-refractivity contribution in [3.63, 3.8) is 0 Å². The summed E-state index contributed by atoms with van der Waals surface area (Å²) in [4.78, 5) is 25.8. The van der Waals surface area contributed by atoms with Crippen molar-refractivity contribution in [2.45, 2.75) is 43.9 Å². The van der Waals surface area contributed by atoms with Crippen molar-refractivity contribution < 1.29 is 18.0 Å². The maximum atomic E-state index is 13.1. The van der Waals surface area contributed by atoms with Crippen LogP contribution in [0.25, 0.3) is 0 Å². The van der Waals surface area contributed by atoms with Gasteiger partial charge in [0.05, 0.1) is 4.90 Å². The average Bonchev–Trinajstić information content (AvgIpc) is 2.90. The summed E-state index contributed by atoms with van der Waals surface area (Å²) in [6.45, 7) is 3.90. The van der Waals surface area contributed by atoms with Gasteiger partial charge in [0.25, 0.3) is 5.24 Å². The van der Waals surface area contributed by atoms with Gasteiger partial charge in [-0.15, -0.1) is 0 Å². The van der Waals surface area contributed by atoms with E-state index in [1.54, 1.807) is 34.3 Å². The Morgan fingerprint density at radius 3 is 2.50 bits per heavy atom. The van der Waals surface area contributed by atoms with Crippen LogP contribution in [0.2, 0.25) is 0 Å². The maximum absolute atomic E-state index is 13.1. The molecule has 1 aromatic carbocycles. The normalized spacial score (nSPS) is 18.9. The Labute approximate surface area is 170 Å². The molecule has 2 aliphatic rings. The van der Waals surface area contributed by atoms with Crippen molar-refractivity contribution in [3.05, 3.63) is 23.8 Å². The molecule has 1 aromatic rings. The number of sulfonamides is 1. The number of carbonyl (C=O) groups excluding carboxylic acids is 2. The van der Waals surface area contributed by atoms with Crippen molar-refractivity contribution in [2.24, 2.45) is 0 Å². The predicted octanol–water partition coefficient (Wildman–Crippen LogP) is 3.06. The molecule has 2 saturated heterocycles. The van der Waals surface area contributed by atoms with E-state index in [9.17, 15) is 18.0 Å². The van der Waals surface area contributed by atoms with Crippen LogP contribution in [0.3, 0.4) is 0 Å². The Kier molecular flexibility index (Phi) is 7.00. The Balaban J connectivity index is 1.68. The maximum Gasteiger partial charge on any atom is 0.281 e. The predicted molar refractivity (Wildman–Crippen MR) is 111 cm³/mol. The highest BCUT2D eigenvalue weighted by molar-refractivity contribution is 8.13. The molecule has 0 radical (unpaired) electrons. The molecule has 0 aromatic heterocycles. The summed E-state index contributed by atoms with van der Waals surface area (Å²) in [7, 11) is -3.58. The molecule has 28 heavy (non-hydrogen) atoms. The fraction of sp³-hybridized carbons (Fsp3) is 0.579. The number of carbonyl (C=O) groups is 2. The van der Waals surface area contributed by atoms with E-state index >= 15 is 0 Å². The number of nitrogens with zero attached hydrogens (tertiary/aromatic N) is 2. The van der Waals surface area contributed by atoms with Crippen LogP contribution in [0.4, 0.5) is 10.5 Å². The molecule has 1 N–H and O–H groups in total. The zero-order chi connectivity index (χ0) is 20.1. The van der Waals surface area contributed by atoms with Gasteiger partial charge in [-0.2, -0.15) is 4.31 Å². The first-order valence-electron chi connectivity index (χ1n) is 9.70. The van der Waals surface area contributed by atoms with Crippen LogP contribution < -0.4 is 5.32 Å². The summed E-state index contributed by atoms with van der Waals surface area (Å²) in [5, 5.41) is 2.78. The second-order valence-electron chi connectivity index (χ2n) is 7.20. The van der Waals surface area contributed by atoms with Gasteiger partial charge in [0, 0.05) is 44.0 Å². The number of rotatable bonds is 6. The van der Waals surface area contributed by atoms with Crippen LogP contribution in [0.5, 0.6) is 0 Å². The zero-order valence-corrected chi connectivity index (χ0v) is 17.8. The van der Waals surface area contributed by atoms with Gasteiger partial charge in [0.2, 0.25) is 15.9 Å². The quantitative estimate of drug-likeness (QED) is 0.757. The van der Waals surface area contributed by atoms with E-state index in [0.29, 0.717) is 37.4 Å². The van der Waals surface area contributed by atoms with Crippen LogP contribution in [0.1, 0.15) is 37.7 Å². The fourth-order valence-electron chi connectivity index (χ4n) is 3.47. The van der Waals surface area contributed by atoms with Gasteiger partial charge in [-0.25, -0.2) is 8.42 Å². The van der Waals surface area contributed by atoms with Gasteiger partial charge < -0.3 is 10.2 Å². The lowest BCUT2D eigenvalue weighted by molar-refractivity contribution is -0.116. The van der Waals surface area contributed by atoms with Gasteiger partial charge >= 0.3 is 0 Å². The third kappa shape index (κ3) is 5.07. The molecular weight excluding hydrogens is 398 g/mol. The van der Waals surface area contributed by atoms with Gasteiger partial charge in [0.15, 0.2) is 0 Å². The monoisotopic (exact) mass is 425 g/mol. The van der Waals surface area contributed by atoms with E-state index in [1.165, 1.54) is 11.8 Å². The van der Waals surface area contributed by atoms with E-state index in [1.807, 2.05) is 0 Å². The average molecular weight is 426 g/mol. The standard InChI is InChI=1S/C19H27N3O4S2/c1-15-6-7-16(20-18(23)8-11-21-12-13-27-19(21)24)14-17(15)28(25,26)22-9-4-2-3-5-10-22/h6-7,14H,2-5,8-13H2,1H3,(H,20,23). The van der Waals surface area contributed by atoms with Crippen molar-refractivity contribution >= 4 is 38.6 Å². The minimum Gasteiger partial charge on any atom is -0.332 e. The number of benzene rings is 1. The highest BCUT2D eigenvalue weighted by Gasteiger charge is 2.27. The summed E-state index contributed by atoms with van der Waals surface area (Å²) in [6.07, 6.45) is 4.05. The van der Waals surface area contributed by atoms with Crippen LogP contribution >= 0.6 is 11.8 Å². The van der Waals surface area contributed by atoms with E-state index in [2.05, 4.69) is 5.32 Å². The fourth-order valence-corrected chi connectivity index (χ4v) is 6.09. The lowest BCUT2D eigenvalue weighted by Crippen LogP contribution is -2.32. The molecule has 0 unspecified atom stereocenters. The lowest BCUT2D eigenvalue weighted by Gasteiger charge is -2.21. The van der Waals surface area contributed by atoms with Gasteiger partial charge in [-0.3, -0.25) is 9.59 Å². The molecule has 154 valence electrons. The summed E-state index contributed by atoms with van der Waals surface area (Å²) < 4.78 is 27.8. The molecule has 2 heterocycles. The molecule has 0 atom stereocenters. The molecule has 2 fully saturated rings. The molecule has 0 spiro atoms. The first kappa shape index (κ1) is 21.1. The van der Waals surface area contributed by atoms with Gasteiger partial charge in [-0.05, 0) is 37.5 Å². The number of thioether (sulfide) groups is 1. The van der Waals surface area contributed by atoms with E-state index in [-0.39, 0.29) is 22.5 Å². The molecule has 2 aliphatic heterocycles. The number of amides is 2. The highest BCUT2D eigenvalue weighted by Crippen LogP contribution is 2.26. The van der Waals surface area contributed by atoms with Crippen molar-refractivity contribution in [1.29, 1.82) is 0 Å². The third-order valence-electron chi connectivity index (χ3n) is 5.11. The molecule has 7 nitrogen and oxygen atoms in total. The summed E-state index contributed by atoms with van der Waals surface area (Å²) >= 11 is 1.27.